The van der Waals surface area contributed by atoms with E-state index in [1.807, 2.05) is 0 Å². The zero-order chi connectivity index (χ0) is 36.1. The van der Waals surface area contributed by atoms with E-state index in [1.54, 1.807) is 6.07 Å². The molecule has 0 spiro atoms. The van der Waals surface area contributed by atoms with Crippen molar-refractivity contribution in [3.63, 3.8) is 0 Å². The van der Waals surface area contributed by atoms with Gasteiger partial charge in [-0.15, -0.1) is 13.2 Å². The van der Waals surface area contributed by atoms with E-state index >= 15 is 4.79 Å². The lowest BCUT2D eigenvalue weighted by Crippen LogP contribution is -2.59. The summed E-state index contributed by atoms with van der Waals surface area (Å²) in [6.07, 6.45) is -6.52. The summed E-state index contributed by atoms with van der Waals surface area (Å²) < 4.78 is 85.1. The quantitative estimate of drug-likeness (QED) is 0.313. The molecule has 2 aliphatic rings. The minimum absolute atomic E-state index is 0. The Morgan fingerprint density at radius 2 is 1.74 bits per heavy atom. The summed E-state index contributed by atoms with van der Waals surface area (Å²) in [6.45, 7) is -0.604. The Morgan fingerprint density at radius 3 is 2.34 bits per heavy atom. The number of hydrogen-bond donors (Lipinski definition) is 2. The third-order valence-corrected chi connectivity index (χ3v) is 10.4. The Balaban J connectivity index is 0.00000562. The van der Waals surface area contributed by atoms with Gasteiger partial charge >= 0.3 is 6.36 Å². The molecular formula is C33H37ClF3N3O9S. The minimum Gasteiger partial charge on any atom is -0.497 e. The average molecular weight is 744 g/mol. The molecular weight excluding hydrogens is 707 g/mol. The Hall–Kier alpha value is -4.09. The van der Waals surface area contributed by atoms with Gasteiger partial charge in [0.1, 0.15) is 16.4 Å². The number of likely N-dealkylation sites (tertiary alicyclic amines) is 1. The second-order valence-corrected chi connectivity index (χ2v) is 13.8. The van der Waals surface area contributed by atoms with Crippen LogP contribution in [0.15, 0.2) is 59.5 Å². The van der Waals surface area contributed by atoms with E-state index in [0.29, 0.717) is 9.87 Å². The van der Waals surface area contributed by atoms with Crippen molar-refractivity contribution >= 4 is 39.1 Å². The van der Waals surface area contributed by atoms with Gasteiger partial charge in [-0.1, -0.05) is 25.1 Å². The van der Waals surface area contributed by atoms with Crippen LogP contribution < -0.4 is 18.5 Å². The van der Waals surface area contributed by atoms with Gasteiger partial charge in [0.25, 0.3) is 15.9 Å². The molecule has 2 N–H and O–H groups in total. The lowest BCUT2D eigenvalue weighted by molar-refractivity contribution is -0.275. The number of hydrogen-bond acceptors (Lipinski definition) is 10. The highest BCUT2D eigenvalue weighted by atomic mass is 35.5. The number of methoxy groups -OCH3 is 2. The summed E-state index contributed by atoms with van der Waals surface area (Å²) in [5.74, 6) is -2.98. The first kappa shape index (κ1) is 38.7. The van der Waals surface area contributed by atoms with Crippen molar-refractivity contribution in [2.75, 3.05) is 45.8 Å². The number of aliphatic hydroxyl groups is 2. The topological polar surface area (TPSA) is 146 Å². The molecule has 0 aliphatic carbocycles. The van der Waals surface area contributed by atoms with Gasteiger partial charge in [-0.25, -0.2) is 12.7 Å². The number of fused-ring (bicyclic) bond motifs is 1. The summed E-state index contributed by atoms with van der Waals surface area (Å²) in [5.41, 5.74) is -2.06. The second-order valence-electron chi connectivity index (χ2n) is 11.6. The highest BCUT2D eigenvalue weighted by molar-refractivity contribution is 7.93. The fourth-order valence-corrected chi connectivity index (χ4v) is 8.18. The molecule has 0 radical (unpaired) electrons. The molecule has 2 amide bonds. The van der Waals surface area contributed by atoms with E-state index in [4.69, 9.17) is 21.1 Å². The molecule has 1 saturated heterocycles. The van der Waals surface area contributed by atoms with Crippen LogP contribution >= 0.6 is 11.6 Å². The lowest BCUT2D eigenvalue weighted by Gasteiger charge is -2.42. The SMILES string of the molecule is C.COc1ccc(S(=O)(=O)N2C(=O)C(c3cc(CCO)ccc3OC)(N3C[C@H](O)C[C@H]3C(=O)N(C)C)c3cc(Cl)ccc32)c(OC(F)(F)F)c1. The highest BCUT2D eigenvalue weighted by Crippen LogP contribution is 2.55. The number of likely N-dealkylation sites (N-methyl/N-ethyl adjacent to an activating group) is 1. The van der Waals surface area contributed by atoms with Crippen molar-refractivity contribution in [3.8, 4) is 17.2 Å². The summed E-state index contributed by atoms with van der Waals surface area (Å²) in [5, 5.41) is 20.8. The van der Waals surface area contributed by atoms with Crippen molar-refractivity contribution in [1.82, 2.24) is 9.80 Å². The lowest BCUT2D eigenvalue weighted by atomic mass is 9.80. The first-order valence-corrected chi connectivity index (χ1v) is 16.6. The zero-order valence-corrected chi connectivity index (χ0v) is 28.3. The summed E-state index contributed by atoms with van der Waals surface area (Å²) in [4.78, 5) is 30.7. The predicted octanol–water partition coefficient (Wildman–Crippen LogP) is 3.93. The third-order valence-electron chi connectivity index (χ3n) is 8.45. The van der Waals surface area contributed by atoms with E-state index in [2.05, 4.69) is 4.74 Å². The summed E-state index contributed by atoms with van der Waals surface area (Å²) in [7, 11) is 0.160. The number of benzene rings is 3. The summed E-state index contributed by atoms with van der Waals surface area (Å²) in [6, 6.07) is 9.93. The monoisotopic (exact) mass is 743 g/mol. The fourth-order valence-electron chi connectivity index (χ4n) is 6.45. The zero-order valence-electron chi connectivity index (χ0n) is 26.7. The molecule has 12 nitrogen and oxygen atoms in total. The summed E-state index contributed by atoms with van der Waals surface area (Å²) >= 11 is 6.49. The van der Waals surface area contributed by atoms with Gasteiger partial charge in [0.2, 0.25) is 5.91 Å². The van der Waals surface area contributed by atoms with Gasteiger partial charge in [-0.2, -0.15) is 0 Å². The number of ether oxygens (including phenoxy) is 3. The standard InChI is InChI=1S/C32H33ClF3N3O9S.CH4/c1-37(2)29(42)25-15-20(41)17-38(25)31(23-13-18(11-12-40)5-9-26(23)47-4)22-14-19(33)6-8-24(22)39(30(31)43)49(44,45)28-10-7-21(46-3)16-27(28)48-32(34,35)36;/h5-10,13-14,16,20,25,40-41H,11-12,15,17H2,1-4H3;1H4/t20-,25+,31?;/m1./s1. The van der Waals surface area contributed by atoms with Crippen LogP contribution in [0.25, 0.3) is 0 Å². The molecule has 0 aromatic heterocycles. The number of nitrogens with zero attached hydrogens (tertiary/aromatic N) is 3. The number of sulfonamides is 1. The molecule has 0 saturated carbocycles. The van der Waals surface area contributed by atoms with Crippen LogP contribution in [0, 0.1) is 0 Å². The molecule has 50 heavy (non-hydrogen) atoms. The molecule has 17 heteroatoms. The van der Waals surface area contributed by atoms with Gasteiger partial charge in [0, 0.05) is 49.5 Å². The van der Waals surface area contributed by atoms with Gasteiger partial charge in [0.05, 0.1) is 32.1 Å². The molecule has 1 unspecified atom stereocenters. The number of alkyl halides is 3. The van der Waals surface area contributed by atoms with Gasteiger partial charge in [-0.05, 0) is 60.9 Å². The van der Waals surface area contributed by atoms with Crippen molar-refractivity contribution in [3.05, 3.63) is 76.3 Å². The smallest absolute Gasteiger partial charge is 0.497 e. The number of rotatable bonds is 10. The van der Waals surface area contributed by atoms with E-state index in [-0.39, 0.29) is 66.8 Å². The van der Waals surface area contributed by atoms with Crippen LogP contribution in [0.5, 0.6) is 17.2 Å². The molecule has 2 heterocycles. The average Bonchev–Trinajstić information content (AvgIpc) is 3.54. The van der Waals surface area contributed by atoms with Gasteiger partial charge < -0.3 is 29.3 Å². The van der Waals surface area contributed by atoms with Crippen molar-refractivity contribution < 1.29 is 55.6 Å². The third kappa shape index (κ3) is 6.57. The first-order valence-electron chi connectivity index (χ1n) is 14.8. The van der Waals surface area contributed by atoms with Crippen LogP contribution in [0.2, 0.25) is 5.02 Å². The number of aliphatic hydroxyl groups excluding tert-OH is 2. The maximum absolute atomic E-state index is 15.4. The van der Waals surface area contributed by atoms with Crippen LogP contribution in [-0.4, -0.2) is 100 Å². The van der Waals surface area contributed by atoms with Crippen LogP contribution in [0.4, 0.5) is 18.9 Å². The molecule has 2 aliphatic heterocycles. The highest BCUT2D eigenvalue weighted by Gasteiger charge is 2.64. The molecule has 0 bridgehead atoms. The maximum Gasteiger partial charge on any atom is 0.573 e. The van der Waals surface area contributed by atoms with Gasteiger partial charge in [-0.3, -0.25) is 14.5 Å². The van der Waals surface area contributed by atoms with Crippen LogP contribution in [0.3, 0.4) is 0 Å². The second kappa shape index (κ2) is 14.3. The van der Waals surface area contributed by atoms with Crippen molar-refractivity contribution in [2.24, 2.45) is 0 Å². The normalized spacial score (nSPS) is 20.7. The van der Waals surface area contributed by atoms with Crippen LogP contribution in [-0.2, 0) is 31.6 Å². The van der Waals surface area contributed by atoms with Gasteiger partial charge in [0.15, 0.2) is 11.3 Å². The predicted molar refractivity (Wildman–Crippen MR) is 177 cm³/mol. The molecule has 3 aromatic rings. The molecule has 272 valence electrons. The molecule has 5 rings (SSSR count). The van der Waals surface area contributed by atoms with Crippen molar-refractivity contribution in [2.45, 2.75) is 49.2 Å². The fraction of sp³-hybridized carbons (Fsp3) is 0.394. The Kier molecular flexibility index (Phi) is 11.0. The molecule has 3 atom stereocenters. The Morgan fingerprint density at radius 1 is 1.04 bits per heavy atom. The number of amides is 2. The maximum atomic E-state index is 15.4. The van der Waals surface area contributed by atoms with E-state index < -0.39 is 56.5 Å². The van der Waals surface area contributed by atoms with Crippen molar-refractivity contribution in [1.29, 1.82) is 0 Å². The molecule has 3 aromatic carbocycles. The first-order chi connectivity index (χ1) is 23.0. The number of anilines is 1. The Labute approximate surface area is 292 Å². The number of β-amino-alcohol motifs (C(OH)–C–C–N with tert-alkyl or cyclic N) is 1. The largest absolute Gasteiger partial charge is 0.573 e. The number of halogens is 4. The van der Waals surface area contributed by atoms with E-state index in [0.717, 1.165) is 25.3 Å². The number of carbonyl (C=O) groups is 2. The number of carbonyl (C=O) groups excluding carboxylic acids is 2. The van der Waals surface area contributed by atoms with E-state index in [1.165, 1.54) is 61.3 Å². The molecule has 1 fully saturated rings. The minimum atomic E-state index is -5.33. The Bertz CT molecular complexity index is 1890. The van der Waals surface area contributed by atoms with E-state index in [9.17, 15) is 36.6 Å². The van der Waals surface area contributed by atoms with Crippen LogP contribution in [0.1, 0.15) is 30.5 Å².